The Kier molecular flexibility index (Phi) is 2.89. The SMILES string of the molecule is Cn1cc(CNc2cccc(-c3nn[nH]n3)c2)nn1. The van der Waals surface area contributed by atoms with E-state index in [1.807, 2.05) is 37.5 Å². The van der Waals surface area contributed by atoms with E-state index in [1.165, 1.54) is 0 Å². The number of rotatable bonds is 4. The average Bonchev–Trinajstić information content (AvgIpc) is 3.08. The van der Waals surface area contributed by atoms with Crippen molar-refractivity contribution in [2.75, 3.05) is 5.32 Å². The van der Waals surface area contributed by atoms with Gasteiger partial charge in [-0.1, -0.05) is 17.3 Å². The molecule has 2 N–H and O–H groups in total. The Morgan fingerprint density at radius 1 is 1.32 bits per heavy atom. The van der Waals surface area contributed by atoms with Crippen LogP contribution in [0, 0.1) is 0 Å². The van der Waals surface area contributed by atoms with Crippen LogP contribution < -0.4 is 5.32 Å². The zero-order valence-corrected chi connectivity index (χ0v) is 10.3. The summed E-state index contributed by atoms with van der Waals surface area (Å²) in [5, 5.41) is 25.1. The van der Waals surface area contributed by atoms with Crippen molar-refractivity contribution < 1.29 is 0 Å². The lowest BCUT2D eigenvalue weighted by Gasteiger charge is -2.04. The molecular formula is C11H12N8. The number of tetrazole rings is 1. The molecule has 0 amide bonds. The van der Waals surface area contributed by atoms with E-state index in [0.717, 1.165) is 16.9 Å². The van der Waals surface area contributed by atoms with Gasteiger partial charge in [0, 0.05) is 24.5 Å². The van der Waals surface area contributed by atoms with E-state index in [1.54, 1.807) is 4.68 Å². The van der Waals surface area contributed by atoms with Crippen LogP contribution in [0.1, 0.15) is 5.69 Å². The fourth-order valence-corrected chi connectivity index (χ4v) is 1.72. The highest BCUT2D eigenvalue weighted by Crippen LogP contribution is 2.18. The maximum Gasteiger partial charge on any atom is 0.204 e. The molecule has 0 aliphatic carbocycles. The fourth-order valence-electron chi connectivity index (χ4n) is 1.72. The molecule has 2 heterocycles. The van der Waals surface area contributed by atoms with Gasteiger partial charge in [-0.25, -0.2) is 0 Å². The van der Waals surface area contributed by atoms with Crippen molar-refractivity contribution in [1.82, 2.24) is 35.6 Å². The normalized spacial score (nSPS) is 10.6. The van der Waals surface area contributed by atoms with Gasteiger partial charge in [-0.3, -0.25) is 4.68 Å². The number of H-pyrrole nitrogens is 1. The zero-order chi connectivity index (χ0) is 13.1. The molecule has 3 aromatic rings. The maximum absolute atomic E-state index is 4.01. The molecule has 0 unspecified atom stereocenters. The third kappa shape index (κ3) is 2.57. The number of aromatic nitrogens is 7. The van der Waals surface area contributed by atoms with Crippen LogP contribution in [0.5, 0.6) is 0 Å². The second kappa shape index (κ2) is 4.84. The molecule has 0 aliphatic heterocycles. The molecule has 2 aromatic heterocycles. The first-order valence-corrected chi connectivity index (χ1v) is 5.74. The Morgan fingerprint density at radius 3 is 3.00 bits per heavy atom. The minimum atomic E-state index is 0.572. The lowest BCUT2D eigenvalue weighted by Crippen LogP contribution is -1.99. The molecule has 0 saturated heterocycles. The summed E-state index contributed by atoms with van der Waals surface area (Å²) in [7, 11) is 1.84. The molecule has 0 bridgehead atoms. The van der Waals surface area contributed by atoms with E-state index in [4.69, 9.17) is 0 Å². The van der Waals surface area contributed by atoms with E-state index in [0.29, 0.717) is 12.4 Å². The minimum Gasteiger partial charge on any atom is -0.379 e. The number of hydrogen-bond donors (Lipinski definition) is 2. The van der Waals surface area contributed by atoms with E-state index in [9.17, 15) is 0 Å². The fraction of sp³-hybridized carbons (Fsp3) is 0.182. The topological polar surface area (TPSA) is 97.2 Å². The summed E-state index contributed by atoms with van der Waals surface area (Å²) in [5.41, 5.74) is 2.75. The summed E-state index contributed by atoms with van der Waals surface area (Å²) >= 11 is 0. The van der Waals surface area contributed by atoms with Gasteiger partial charge in [0.1, 0.15) is 5.69 Å². The van der Waals surface area contributed by atoms with Crippen molar-refractivity contribution >= 4 is 5.69 Å². The molecule has 0 spiro atoms. The third-order valence-corrected chi connectivity index (χ3v) is 2.59. The molecule has 0 saturated carbocycles. The number of hydrogen-bond acceptors (Lipinski definition) is 6. The van der Waals surface area contributed by atoms with Crippen molar-refractivity contribution in [3.63, 3.8) is 0 Å². The van der Waals surface area contributed by atoms with Crippen molar-refractivity contribution in [2.45, 2.75) is 6.54 Å². The highest BCUT2D eigenvalue weighted by atomic mass is 15.5. The number of aryl methyl sites for hydroxylation is 1. The van der Waals surface area contributed by atoms with Crippen LogP contribution in [0.15, 0.2) is 30.5 Å². The number of anilines is 1. The Balaban J connectivity index is 1.73. The van der Waals surface area contributed by atoms with Gasteiger partial charge in [0.2, 0.25) is 5.82 Å². The predicted octanol–water partition coefficient (Wildman–Crippen LogP) is 0.607. The van der Waals surface area contributed by atoms with E-state index in [-0.39, 0.29) is 0 Å². The Labute approximate surface area is 108 Å². The van der Waals surface area contributed by atoms with E-state index >= 15 is 0 Å². The molecule has 0 radical (unpaired) electrons. The molecule has 0 aliphatic rings. The maximum atomic E-state index is 4.01. The van der Waals surface area contributed by atoms with Crippen LogP contribution in [0.4, 0.5) is 5.69 Å². The summed E-state index contributed by atoms with van der Waals surface area (Å²) in [4.78, 5) is 0. The highest BCUT2D eigenvalue weighted by Gasteiger charge is 2.04. The molecular weight excluding hydrogens is 244 g/mol. The van der Waals surface area contributed by atoms with E-state index < -0.39 is 0 Å². The van der Waals surface area contributed by atoms with Crippen molar-refractivity contribution in [3.8, 4) is 11.4 Å². The van der Waals surface area contributed by atoms with Crippen LogP contribution in [-0.2, 0) is 13.6 Å². The summed E-state index contributed by atoms with van der Waals surface area (Å²) in [6.07, 6.45) is 1.87. The van der Waals surface area contributed by atoms with Crippen molar-refractivity contribution in [2.24, 2.45) is 7.05 Å². The van der Waals surface area contributed by atoms with Gasteiger partial charge in [-0.2, -0.15) is 5.21 Å². The molecule has 8 heteroatoms. The molecule has 1 aromatic carbocycles. The summed E-state index contributed by atoms with van der Waals surface area (Å²) in [6, 6.07) is 7.80. The largest absolute Gasteiger partial charge is 0.379 e. The van der Waals surface area contributed by atoms with Crippen LogP contribution >= 0.6 is 0 Å². The van der Waals surface area contributed by atoms with Crippen LogP contribution in [-0.4, -0.2) is 35.6 Å². The summed E-state index contributed by atoms with van der Waals surface area (Å²) < 4.78 is 1.67. The molecule has 8 nitrogen and oxygen atoms in total. The first-order chi connectivity index (χ1) is 9.31. The van der Waals surface area contributed by atoms with Gasteiger partial charge >= 0.3 is 0 Å². The predicted molar refractivity (Wildman–Crippen MR) is 67.9 cm³/mol. The van der Waals surface area contributed by atoms with Crippen molar-refractivity contribution in [1.29, 1.82) is 0 Å². The molecule has 0 fully saturated rings. The van der Waals surface area contributed by atoms with Gasteiger partial charge in [-0.05, 0) is 17.3 Å². The highest BCUT2D eigenvalue weighted by molar-refractivity contribution is 5.61. The van der Waals surface area contributed by atoms with Gasteiger partial charge in [0.05, 0.1) is 6.54 Å². The smallest absolute Gasteiger partial charge is 0.204 e. The molecule has 96 valence electrons. The second-order valence-corrected chi connectivity index (χ2v) is 4.05. The lowest BCUT2D eigenvalue weighted by atomic mass is 10.2. The molecule has 0 atom stereocenters. The number of aromatic amines is 1. The number of benzene rings is 1. The Morgan fingerprint density at radius 2 is 2.26 bits per heavy atom. The summed E-state index contributed by atoms with van der Waals surface area (Å²) in [5.74, 6) is 0.572. The zero-order valence-electron chi connectivity index (χ0n) is 10.3. The Bertz CT molecular complexity index is 657. The molecule has 3 rings (SSSR count). The van der Waals surface area contributed by atoms with Gasteiger partial charge in [0.25, 0.3) is 0 Å². The van der Waals surface area contributed by atoms with Crippen LogP contribution in [0.3, 0.4) is 0 Å². The van der Waals surface area contributed by atoms with Crippen LogP contribution in [0.2, 0.25) is 0 Å². The van der Waals surface area contributed by atoms with Crippen LogP contribution in [0.25, 0.3) is 11.4 Å². The van der Waals surface area contributed by atoms with Gasteiger partial charge in [0.15, 0.2) is 0 Å². The van der Waals surface area contributed by atoms with Gasteiger partial charge < -0.3 is 5.32 Å². The third-order valence-electron chi connectivity index (χ3n) is 2.59. The van der Waals surface area contributed by atoms with E-state index in [2.05, 4.69) is 36.3 Å². The van der Waals surface area contributed by atoms with Gasteiger partial charge in [-0.15, -0.1) is 15.3 Å². The second-order valence-electron chi connectivity index (χ2n) is 4.05. The molecule has 19 heavy (non-hydrogen) atoms. The number of nitrogens with one attached hydrogen (secondary N) is 2. The van der Waals surface area contributed by atoms with Crippen molar-refractivity contribution in [3.05, 3.63) is 36.2 Å². The minimum absolute atomic E-state index is 0.572. The first kappa shape index (κ1) is 11.3. The summed E-state index contributed by atoms with van der Waals surface area (Å²) in [6.45, 7) is 0.615. The quantitative estimate of drug-likeness (QED) is 0.709. The average molecular weight is 256 g/mol. The standard InChI is InChI=1S/C11H12N8/c1-19-7-10(13-18-19)6-12-9-4-2-3-8(5-9)11-14-16-17-15-11/h2-5,7,12H,6H2,1H3,(H,14,15,16,17). The first-order valence-electron chi connectivity index (χ1n) is 5.74. The Hall–Kier alpha value is -2.77. The monoisotopic (exact) mass is 256 g/mol. The number of nitrogens with zero attached hydrogens (tertiary/aromatic N) is 6. The lowest BCUT2D eigenvalue weighted by molar-refractivity contribution is 0.713.